The normalized spacial score (nSPS) is 11.2. The van der Waals surface area contributed by atoms with Gasteiger partial charge in [-0.1, -0.05) is 30.0 Å². The minimum absolute atomic E-state index is 0.0240. The summed E-state index contributed by atoms with van der Waals surface area (Å²) in [6, 6.07) is 21.7. The Bertz CT molecular complexity index is 1290. The van der Waals surface area contributed by atoms with Crippen molar-refractivity contribution in [2.24, 2.45) is 0 Å². The number of anilines is 1. The zero-order valence-electron chi connectivity index (χ0n) is 15.9. The van der Waals surface area contributed by atoms with Gasteiger partial charge in [0.2, 0.25) is 5.91 Å². The fourth-order valence-corrected chi connectivity index (χ4v) is 4.90. The molecule has 8 heteroatoms. The fourth-order valence-electron chi connectivity index (χ4n) is 3.07. The second-order valence-corrected chi connectivity index (χ2v) is 8.71. The molecule has 148 valence electrons. The standard InChI is InChI=1S/C22H17N5OS2/c28-20(12-14-29-22-26-25-19-7-3-4-13-27(19)22)23-16-10-8-15(9-11-16)21-24-17-5-1-2-6-18(17)30-21/h1-11,13H,12,14H2,(H,23,28). The molecular weight excluding hydrogens is 414 g/mol. The monoisotopic (exact) mass is 431 g/mol. The molecule has 0 atom stereocenters. The number of carbonyl (C=O) groups excluding carboxylic acids is 1. The van der Waals surface area contributed by atoms with Gasteiger partial charge in [-0.2, -0.15) is 0 Å². The van der Waals surface area contributed by atoms with Crippen LogP contribution in [0.3, 0.4) is 0 Å². The maximum Gasteiger partial charge on any atom is 0.225 e. The average Bonchev–Trinajstić information content (AvgIpc) is 3.39. The maximum atomic E-state index is 12.3. The van der Waals surface area contributed by atoms with Crippen LogP contribution in [0.2, 0.25) is 0 Å². The van der Waals surface area contributed by atoms with Gasteiger partial charge < -0.3 is 5.32 Å². The van der Waals surface area contributed by atoms with Gasteiger partial charge in [0, 0.05) is 29.6 Å². The molecule has 0 spiro atoms. The number of rotatable bonds is 6. The van der Waals surface area contributed by atoms with E-state index >= 15 is 0 Å². The van der Waals surface area contributed by atoms with Crippen LogP contribution >= 0.6 is 23.1 Å². The number of hydrogen-bond donors (Lipinski definition) is 1. The number of amides is 1. The third-order valence-corrected chi connectivity index (χ3v) is 6.58. The first-order valence-electron chi connectivity index (χ1n) is 9.45. The summed E-state index contributed by atoms with van der Waals surface area (Å²) in [6.07, 6.45) is 2.32. The van der Waals surface area contributed by atoms with Gasteiger partial charge in [-0.3, -0.25) is 9.20 Å². The zero-order chi connectivity index (χ0) is 20.3. The number of nitrogens with zero attached hydrogens (tertiary/aromatic N) is 4. The highest BCUT2D eigenvalue weighted by molar-refractivity contribution is 7.99. The molecule has 1 N–H and O–H groups in total. The van der Waals surface area contributed by atoms with Crippen molar-refractivity contribution >= 4 is 50.6 Å². The van der Waals surface area contributed by atoms with Crippen LogP contribution in [0.5, 0.6) is 0 Å². The second-order valence-electron chi connectivity index (χ2n) is 6.62. The van der Waals surface area contributed by atoms with Crippen molar-refractivity contribution in [3.8, 4) is 10.6 Å². The number of aromatic nitrogens is 4. The third kappa shape index (κ3) is 3.92. The second kappa shape index (κ2) is 8.25. The average molecular weight is 432 g/mol. The Morgan fingerprint density at radius 3 is 2.70 bits per heavy atom. The molecule has 0 saturated heterocycles. The van der Waals surface area contributed by atoms with Gasteiger partial charge >= 0.3 is 0 Å². The van der Waals surface area contributed by atoms with Crippen molar-refractivity contribution < 1.29 is 4.79 Å². The molecule has 0 saturated carbocycles. The molecule has 3 heterocycles. The van der Waals surface area contributed by atoms with E-state index in [9.17, 15) is 4.79 Å². The van der Waals surface area contributed by atoms with Crippen molar-refractivity contribution in [2.75, 3.05) is 11.1 Å². The van der Waals surface area contributed by atoms with Crippen molar-refractivity contribution in [1.29, 1.82) is 0 Å². The smallest absolute Gasteiger partial charge is 0.225 e. The predicted octanol–water partition coefficient (Wildman–Crippen LogP) is 5.13. The number of thiazole rings is 1. The van der Waals surface area contributed by atoms with E-state index in [-0.39, 0.29) is 5.91 Å². The Balaban J connectivity index is 1.18. The van der Waals surface area contributed by atoms with Crippen molar-refractivity contribution in [1.82, 2.24) is 19.6 Å². The number of thioether (sulfide) groups is 1. The Morgan fingerprint density at radius 1 is 1.00 bits per heavy atom. The summed E-state index contributed by atoms with van der Waals surface area (Å²) < 4.78 is 3.09. The van der Waals surface area contributed by atoms with Crippen LogP contribution in [0.1, 0.15) is 6.42 Å². The molecular formula is C22H17N5OS2. The van der Waals surface area contributed by atoms with Crippen LogP contribution < -0.4 is 5.32 Å². The summed E-state index contributed by atoms with van der Waals surface area (Å²) in [7, 11) is 0. The molecule has 1 amide bonds. The molecule has 6 nitrogen and oxygen atoms in total. The molecule has 5 rings (SSSR count). The predicted molar refractivity (Wildman–Crippen MR) is 122 cm³/mol. The molecule has 0 aliphatic rings. The summed E-state index contributed by atoms with van der Waals surface area (Å²) >= 11 is 3.19. The molecule has 0 aliphatic heterocycles. The largest absolute Gasteiger partial charge is 0.326 e. The van der Waals surface area contributed by atoms with E-state index in [2.05, 4.69) is 26.6 Å². The third-order valence-electron chi connectivity index (χ3n) is 4.55. The molecule has 2 aromatic carbocycles. The van der Waals surface area contributed by atoms with Crippen LogP contribution in [0.4, 0.5) is 5.69 Å². The lowest BCUT2D eigenvalue weighted by molar-refractivity contribution is -0.115. The van der Waals surface area contributed by atoms with Gasteiger partial charge in [0.15, 0.2) is 10.8 Å². The minimum atomic E-state index is -0.0240. The first-order valence-corrected chi connectivity index (χ1v) is 11.2. The van der Waals surface area contributed by atoms with Crippen LogP contribution in [-0.2, 0) is 4.79 Å². The van der Waals surface area contributed by atoms with Crippen LogP contribution in [0, 0.1) is 0 Å². The molecule has 0 fully saturated rings. The summed E-state index contributed by atoms with van der Waals surface area (Å²) in [4.78, 5) is 17.0. The van der Waals surface area contributed by atoms with Crippen LogP contribution in [-0.4, -0.2) is 31.2 Å². The highest BCUT2D eigenvalue weighted by atomic mass is 32.2. The topological polar surface area (TPSA) is 72.2 Å². The number of fused-ring (bicyclic) bond motifs is 2. The molecule has 5 aromatic rings. The number of nitrogens with one attached hydrogen (secondary N) is 1. The highest BCUT2D eigenvalue weighted by Gasteiger charge is 2.09. The zero-order valence-corrected chi connectivity index (χ0v) is 17.5. The summed E-state index contributed by atoms with van der Waals surface area (Å²) in [5.74, 6) is 0.606. The lowest BCUT2D eigenvalue weighted by Gasteiger charge is -2.05. The summed E-state index contributed by atoms with van der Waals surface area (Å²) in [6.45, 7) is 0. The van der Waals surface area contributed by atoms with E-state index in [4.69, 9.17) is 0 Å². The molecule has 0 radical (unpaired) electrons. The maximum absolute atomic E-state index is 12.3. The van der Waals surface area contributed by atoms with Gasteiger partial charge in [-0.25, -0.2) is 4.98 Å². The molecule has 30 heavy (non-hydrogen) atoms. The van der Waals surface area contributed by atoms with Gasteiger partial charge in [0.1, 0.15) is 5.01 Å². The van der Waals surface area contributed by atoms with Gasteiger partial charge in [-0.05, 0) is 48.5 Å². The lowest BCUT2D eigenvalue weighted by atomic mass is 10.2. The fraction of sp³-hybridized carbons (Fsp3) is 0.0909. The quantitative estimate of drug-likeness (QED) is 0.378. The number of para-hydroxylation sites is 1. The number of hydrogen-bond acceptors (Lipinski definition) is 6. The van der Waals surface area contributed by atoms with Crippen LogP contribution in [0.25, 0.3) is 26.4 Å². The Hall–Kier alpha value is -3.23. The minimum Gasteiger partial charge on any atom is -0.326 e. The summed E-state index contributed by atoms with van der Waals surface area (Å²) in [5, 5.41) is 13.0. The van der Waals surface area contributed by atoms with E-state index in [0.717, 1.165) is 32.6 Å². The van der Waals surface area contributed by atoms with E-state index in [0.29, 0.717) is 12.2 Å². The van der Waals surface area contributed by atoms with Gasteiger partial charge in [0.25, 0.3) is 0 Å². The lowest BCUT2D eigenvalue weighted by Crippen LogP contribution is -2.12. The molecule has 3 aromatic heterocycles. The first kappa shape index (κ1) is 18.8. The van der Waals surface area contributed by atoms with Crippen molar-refractivity contribution in [2.45, 2.75) is 11.6 Å². The SMILES string of the molecule is O=C(CCSc1nnc2ccccn12)Nc1ccc(-c2nc3ccccc3s2)cc1. The van der Waals surface area contributed by atoms with E-state index in [1.54, 1.807) is 11.3 Å². The van der Waals surface area contributed by atoms with E-state index in [1.165, 1.54) is 16.5 Å². The highest BCUT2D eigenvalue weighted by Crippen LogP contribution is 2.30. The van der Waals surface area contributed by atoms with Crippen molar-refractivity contribution in [3.05, 3.63) is 72.9 Å². The molecule has 0 unspecified atom stereocenters. The van der Waals surface area contributed by atoms with E-state index in [1.807, 2.05) is 71.3 Å². The number of pyridine rings is 1. The van der Waals surface area contributed by atoms with Gasteiger partial charge in [0.05, 0.1) is 10.2 Å². The summed E-state index contributed by atoms with van der Waals surface area (Å²) in [5.41, 5.74) is 3.64. The van der Waals surface area contributed by atoms with Gasteiger partial charge in [-0.15, -0.1) is 21.5 Å². The molecule has 0 bridgehead atoms. The number of benzene rings is 2. The van der Waals surface area contributed by atoms with Crippen molar-refractivity contribution in [3.63, 3.8) is 0 Å². The van der Waals surface area contributed by atoms with Crippen LogP contribution in [0.15, 0.2) is 78.1 Å². The molecule has 0 aliphatic carbocycles. The van der Waals surface area contributed by atoms with E-state index < -0.39 is 0 Å². The number of carbonyl (C=O) groups is 1. The first-order chi connectivity index (χ1) is 14.8. The Labute approximate surface area is 181 Å². The Morgan fingerprint density at radius 2 is 1.83 bits per heavy atom. The Kier molecular flexibility index (Phi) is 5.17.